The highest BCUT2D eigenvalue weighted by atomic mass is 32.2. The molecule has 0 saturated carbocycles. The van der Waals surface area contributed by atoms with E-state index >= 15 is 0 Å². The molecule has 25 heavy (non-hydrogen) atoms. The highest BCUT2D eigenvalue weighted by molar-refractivity contribution is 8.13. The summed E-state index contributed by atoms with van der Waals surface area (Å²) >= 11 is 1.61. The Morgan fingerprint density at radius 2 is 2.04 bits per heavy atom. The molecule has 0 radical (unpaired) electrons. The zero-order chi connectivity index (χ0) is 17.7. The van der Waals surface area contributed by atoms with Crippen molar-refractivity contribution in [2.75, 3.05) is 11.1 Å². The molecule has 1 amide bonds. The van der Waals surface area contributed by atoms with Crippen LogP contribution in [-0.4, -0.2) is 16.8 Å². The Bertz CT molecular complexity index is 776. The number of benzene rings is 2. The lowest BCUT2D eigenvalue weighted by Gasteiger charge is -2.30. The number of rotatable bonds is 5. The smallest absolute Gasteiger partial charge is 0.224 e. The maximum absolute atomic E-state index is 12.1. The number of amides is 1. The number of para-hydroxylation sites is 1. The molecule has 1 aliphatic rings. The van der Waals surface area contributed by atoms with Crippen LogP contribution in [0.25, 0.3) is 0 Å². The molecule has 0 aliphatic carbocycles. The van der Waals surface area contributed by atoms with Crippen LogP contribution < -0.4 is 11.1 Å². The van der Waals surface area contributed by atoms with Crippen LogP contribution in [0.4, 0.5) is 5.69 Å². The number of nitrogens with one attached hydrogen (secondary N) is 1. The fourth-order valence-corrected chi connectivity index (χ4v) is 3.93. The van der Waals surface area contributed by atoms with Crippen molar-refractivity contribution >= 4 is 28.5 Å². The lowest BCUT2D eigenvalue weighted by atomic mass is 9.88. The number of carbonyl (C=O) groups is 1. The molecule has 0 spiro atoms. The molecule has 3 rings (SSSR count). The van der Waals surface area contributed by atoms with Crippen LogP contribution in [0.15, 0.2) is 59.6 Å². The topological polar surface area (TPSA) is 67.5 Å². The van der Waals surface area contributed by atoms with E-state index in [2.05, 4.69) is 35.4 Å². The van der Waals surface area contributed by atoms with Crippen LogP contribution in [0.5, 0.6) is 0 Å². The van der Waals surface area contributed by atoms with Gasteiger partial charge in [-0.15, -0.1) is 0 Å². The Kier molecular flexibility index (Phi) is 5.43. The van der Waals surface area contributed by atoms with Crippen LogP contribution >= 0.6 is 11.8 Å². The number of nitrogens with two attached hydrogens (primary N) is 1. The maximum atomic E-state index is 12.1. The van der Waals surface area contributed by atoms with E-state index in [4.69, 9.17) is 5.73 Å². The van der Waals surface area contributed by atoms with Gasteiger partial charge in [0, 0.05) is 17.9 Å². The number of thioether (sulfide) groups is 1. The van der Waals surface area contributed by atoms with Crippen LogP contribution in [-0.2, 0) is 16.8 Å². The number of carbonyl (C=O) groups excluding carboxylic acids is 1. The third kappa shape index (κ3) is 4.63. The van der Waals surface area contributed by atoms with Gasteiger partial charge >= 0.3 is 0 Å². The fourth-order valence-electron chi connectivity index (χ4n) is 2.96. The second kappa shape index (κ2) is 7.74. The van der Waals surface area contributed by atoms with Gasteiger partial charge in [-0.1, -0.05) is 54.2 Å². The first-order chi connectivity index (χ1) is 12.0. The quantitative estimate of drug-likeness (QED) is 0.856. The molecule has 0 bridgehead atoms. The summed E-state index contributed by atoms with van der Waals surface area (Å²) in [6.07, 6.45) is 2.13. The minimum Gasteiger partial charge on any atom is -0.379 e. The molecule has 0 saturated heterocycles. The zero-order valence-corrected chi connectivity index (χ0v) is 15.2. The van der Waals surface area contributed by atoms with E-state index in [0.29, 0.717) is 18.0 Å². The Balaban J connectivity index is 1.64. The molecule has 2 aromatic carbocycles. The van der Waals surface area contributed by atoms with Crippen LogP contribution in [0.3, 0.4) is 0 Å². The second-order valence-electron chi connectivity index (χ2n) is 6.44. The van der Waals surface area contributed by atoms with Gasteiger partial charge in [0.05, 0.1) is 5.54 Å². The molecule has 0 aromatic heterocycles. The first kappa shape index (κ1) is 17.5. The highest BCUT2D eigenvalue weighted by Gasteiger charge is 2.29. The number of anilines is 1. The molecule has 1 aliphatic heterocycles. The van der Waals surface area contributed by atoms with Gasteiger partial charge in [-0.3, -0.25) is 9.79 Å². The van der Waals surface area contributed by atoms with E-state index in [1.165, 1.54) is 0 Å². The molecule has 4 nitrogen and oxygen atoms in total. The minimum atomic E-state index is -0.266. The van der Waals surface area contributed by atoms with E-state index in [9.17, 15) is 4.79 Å². The number of nitrogens with zero attached hydrogens (tertiary/aromatic N) is 1. The molecule has 1 unspecified atom stereocenters. The van der Waals surface area contributed by atoms with Crippen molar-refractivity contribution in [1.29, 1.82) is 0 Å². The maximum Gasteiger partial charge on any atom is 0.224 e. The van der Waals surface area contributed by atoms with Crippen molar-refractivity contribution in [3.8, 4) is 0 Å². The van der Waals surface area contributed by atoms with Crippen molar-refractivity contribution in [2.45, 2.75) is 31.7 Å². The normalized spacial score (nSPS) is 20.0. The van der Waals surface area contributed by atoms with E-state index in [-0.39, 0.29) is 11.4 Å². The Hall–Kier alpha value is -2.27. The molecule has 2 aromatic rings. The van der Waals surface area contributed by atoms with Crippen molar-refractivity contribution in [3.05, 3.63) is 65.7 Å². The molecule has 5 heteroatoms. The van der Waals surface area contributed by atoms with E-state index in [1.54, 1.807) is 11.8 Å². The number of amidine groups is 1. The monoisotopic (exact) mass is 353 g/mol. The summed E-state index contributed by atoms with van der Waals surface area (Å²) in [7, 11) is 0. The second-order valence-corrected chi connectivity index (χ2v) is 7.55. The number of aliphatic imine (C=N–C) groups is 1. The van der Waals surface area contributed by atoms with Gasteiger partial charge < -0.3 is 11.1 Å². The largest absolute Gasteiger partial charge is 0.379 e. The zero-order valence-electron chi connectivity index (χ0n) is 14.4. The van der Waals surface area contributed by atoms with Gasteiger partial charge in [0.2, 0.25) is 5.91 Å². The summed E-state index contributed by atoms with van der Waals surface area (Å²) in [5.41, 5.74) is 8.79. The Labute approximate surface area is 152 Å². The summed E-state index contributed by atoms with van der Waals surface area (Å²) < 4.78 is 0. The van der Waals surface area contributed by atoms with Gasteiger partial charge in [0.25, 0.3) is 0 Å². The van der Waals surface area contributed by atoms with Gasteiger partial charge in [-0.2, -0.15) is 0 Å². The predicted octanol–water partition coefficient (Wildman–Crippen LogP) is 3.92. The first-order valence-corrected chi connectivity index (χ1v) is 9.46. The summed E-state index contributed by atoms with van der Waals surface area (Å²) in [5.74, 6) is 1.01. The Morgan fingerprint density at radius 1 is 1.24 bits per heavy atom. The van der Waals surface area contributed by atoms with Crippen molar-refractivity contribution in [1.82, 2.24) is 0 Å². The lowest BCUT2D eigenvalue weighted by Crippen LogP contribution is -2.28. The molecule has 1 atom stereocenters. The van der Waals surface area contributed by atoms with E-state index in [1.807, 2.05) is 36.4 Å². The molecule has 1 heterocycles. The molecule has 3 N–H and O–H groups in total. The summed E-state index contributed by atoms with van der Waals surface area (Å²) in [5, 5.41) is 3.58. The van der Waals surface area contributed by atoms with Crippen LogP contribution in [0, 0.1) is 0 Å². The number of hydrogen-bond acceptors (Lipinski definition) is 4. The van der Waals surface area contributed by atoms with Gasteiger partial charge in [-0.05, 0) is 43.0 Å². The molecular formula is C20H23N3OS. The first-order valence-electron chi connectivity index (χ1n) is 8.48. The predicted molar refractivity (Wildman–Crippen MR) is 106 cm³/mol. The third-order valence-corrected chi connectivity index (χ3v) is 5.24. The number of aryl methyl sites for hydroxylation is 1. The highest BCUT2D eigenvalue weighted by Crippen LogP contribution is 2.35. The van der Waals surface area contributed by atoms with Gasteiger partial charge in [-0.25, -0.2) is 0 Å². The molecular weight excluding hydrogens is 330 g/mol. The van der Waals surface area contributed by atoms with Crippen molar-refractivity contribution in [3.63, 3.8) is 0 Å². The van der Waals surface area contributed by atoms with Crippen LogP contribution in [0.1, 0.15) is 30.9 Å². The number of hydrogen-bond donors (Lipinski definition) is 2. The standard InChI is InChI=1S/C20H23N3OS/c1-20(12-13-25-19(21)23-20)16-7-5-6-15(14-16)10-11-18(24)22-17-8-3-2-4-9-17/h2-9,14H,10-13H2,1H3,(H2,21,23)(H,22,24). The van der Waals surface area contributed by atoms with Crippen molar-refractivity contribution < 1.29 is 4.79 Å². The van der Waals surface area contributed by atoms with Gasteiger partial charge in [0.15, 0.2) is 5.17 Å². The lowest BCUT2D eigenvalue weighted by molar-refractivity contribution is -0.116. The van der Waals surface area contributed by atoms with Crippen molar-refractivity contribution in [2.24, 2.45) is 10.7 Å². The molecule has 130 valence electrons. The Morgan fingerprint density at radius 3 is 2.80 bits per heavy atom. The summed E-state index contributed by atoms with van der Waals surface area (Å²) in [6.45, 7) is 2.13. The van der Waals surface area contributed by atoms with E-state index in [0.717, 1.165) is 29.0 Å². The summed E-state index contributed by atoms with van der Waals surface area (Å²) in [4.78, 5) is 16.8. The SMILES string of the molecule is CC1(c2cccc(CCC(=O)Nc3ccccc3)c2)CCSC(N)=N1. The third-order valence-electron chi connectivity index (χ3n) is 4.44. The summed E-state index contributed by atoms with van der Waals surface area (Å²) in [6, 6.07) is 17.9. The molecule has 0 fully saturated rings. The van der Waals surface area contributed by atoms with Crippen LogP contribution in [0.2, 0.25) is 0 Å². The van der Waals surface area contributed by atoms with Gasteiger partial charge in [0.1, 0.15) is 0 Å². The fraction of sp³-hybridized carbons (Fsp3) is 0.300. The van der Waals surface area contributed by atoms with E-state index < -0.39 is 0 Å². The average Bonchev–Trinajstić information content (AvgIpc) is 2.61. The average molecular weight is 353 g/mol. The minimum absolute atomic E-state index is 0.0270.